The number of carbonyl (C=O) groups is 2. The topological polar surface area (TPSA) is 96.6 Å². The molecule has 6 nitrogen and oxygen atoms in total. The van der Waals surface area contributed by atoms with Crippen molar-refractivity contribution in [1.29, 1.82) is 0 Å². The molecule has 146 valence electrons. The number of benzene rings is 1. The van der Waals surface area contributed by atoms with Gasteiger partial charge in [0.05, 0.1) is 11.9 Å². The van der Waals surface area contributed by atoms with E-state index in [-0.39, 0.29) is 10.9 Å². The predicted molar refractivity (Wildman–Crippen MR) is 99.8 cm³/mol. The van der Waals surface area contributed by atoms with Crippen LogP contribution in [-0.2, 0) is 17.8 Å². The average molecular weight is 377 g/mol. The van der Waals surface area contributed by atoms with Gasteiger partial charge in [0.15, 0.2) is 0 Å². The molecule has 0 spiro atoms. The van der Waals surface area contributed by atoms with E-state index in [1.165, 1.54) is 18.7 Å². The molecular formula is C20H24FNO5. The molecule has 0 atom stereocenters. The lowest BCUT2D eigenvalue weighted by molar-refractivity contribution is -0.136. The van der Waals surface area contributed by atoms with Crippen LogP contribution in [0.1, 0.15) is 61.4 Å². The maximum atomic E-state index is 14.2. The van der Waals surface area contributed by atoms with Gasteiger partial charge in [-0.3, -0.25) is 9.59 Å². The SMILES string of the molecule is CCCCCCCCn1cc(C(=O)O)c(=O)c2cc(F)c(CC(=O)O)cc21. The van der Waals surface area contributed by atoms with Crippen molar-refractivity contribution in [1.82, 2.24) is 4.57 Å². The molecule has 2 N–H and O–H groups in total. The summed E-state index contributed by atoms with van der Waals surface area (Å²) in [6.45, 7) is 2.61. The minimum Gasteiger partial charge on any atom is -0.481 e. The molecule has 0 amide bonds. The number of aliphatic carboxylic acids is 1. The molecule has 1 aromatic heterocycles. The normalized spacial score (nSPS) is 11.0. The number of hydrogen-bond acceptors (Lipinski definition) is 3. The summed E-state index contributed by atoms with van der Waals surface area (Å²) in [4.78, 5) is 34.7. The maximum Gasteiger partial charge on any atom is 0.341 e. The molecule has 0 saturated carbocycles. The predicted octanol–water partition coefficient (Wildman–Crippen LogP) is 3.83. The van der Waals surface area contributed by atoms with Crippen LogP contribution in [0.4, 0.5) is 4.39 Å². The van der Waals surface area contributed by atoms with Gasteiger partial charge in [-0.15, -0.1) is 0 Å². The van der Waals surface area contributed by atoms with E-state index in [0.29, 0.717) is 12.1 Å². The Hall–Kier alpha value is -2.70. The molecule has 0 unspecified atom stereocenters. The van der Waals surface area contributed by atoms with Gasteiger partial charge in [0.2, 0.25) is 5.43 Å². The highest BCUT2D eigenvalue weighted by molar-refractivity contribution is 5.93. The molecule has 7 heteroatoms. The van der Waals surface area contributed by atoms with Crippen LogP contribution in [0.15, 0.2) is 23.1 Å². The van der Waals surface area contributed by atoms with Gasteiger partial charge in [-0.05, 0) is 18.6 Å². The van der Waals surface area contributed by atoms with Crippen LogP contribution in [0.3, 0.4) is 0 Å². The van der Waals surface area contributed by atoms with Crippen LogP contribution < -0.4 is 5.43 Å². The Morgan fingerprint density at radius 1 is 1.07 bits per heavy atom. The second kappa shape index (κ2) is 9.30. The lowest BCUT2D eigenvalue weighted by atomic mass is 10.0. The molecular weight excluding hydrogens is 353 g/mol. The molecule has 0 aliphatic rings. The number of aryl methyl sites for hydroxylation is 1. The second-order valence-corrected chi connectivity index (χ2v) is 6.67. The van der Waals surface area contributed by atoms with Crippen molar-refractivity contribution in [3.8, 4) is 0 Å². The first kappa shape index (κ1) is 20.6. The smallest absolute Gasteiger partial charge is 0.341 e. The summed E-state index contributed by atoms with van der Waals surface area (Å²) in [6, 6.07) is 2.28. The van der Waals surface area contributed by atoms with Gasteiger partial charge in [0.25, 0.3) is 0 Å². The highest BCUT2D eigenvalue weighted by atomic mass is 19.1. The third kappa shape index (κ3) is 5.15. The molecule has 0 aliphatic carbocycles. The second-order valence-electron chi connectivity index (χ2n) is 6.67. The highest BCUT2D eigenvalue weighted by Gasteiger charge is 2.17. The number of unbranched alkanes of at least 4 members (excludes halogenated alkanes) is 5. The summed E-state index contributed by atoms with van der Waals surface area (Å²) in [5, 5.41) is 18.2. The Morgan fingerprint density at radius 2 is 1.74 bits per heavy atom. The Bertz CT molecular complexity index is 903. The molecule has 0 aliphatic heterocycles. The number of nitrogens with zero attached hydrogens (tertiary/aromatic N) is 1. The first-order chi connectivity index (χ1) is 12.8. The van der Waals surface area contributed by atoms with Gasteiger partial charge in [-0.2, -0.15) is 0 Å². The quantitative estimate of drug-likeness (QED) is 0.614. The number of rotatable bonds is 10. The van der Waals surface area contributed by atoms with Crippen molar-refractivity contribution in [2.75, 3.05) is 0 Å². The van der Waals surface area contributed by atoms with Crippen molar-refractivity contribution >= 4 is 22.8 Å². The van der Waals surface area contributed by atoms with Gasteiger partial charge in [-0.1, -0.05) is 39.0 Å². The van der Waals surface area contributed by atoms with Gasteiger partial charge < -0.3 is 14.8 Å². The highest BCUT2D eigenvalue weighted by Crippen LogP contribution is 2.20. The standard InChI is InChI=1S/C20H24FNO5/c1-2-3-4-5-6-7-8-22-12-15(20(26)27)19(25)14-11-16(21)13(9-17(14)22)10-18(23)24/h9,11-12H,2-8,10H2,1H3,(H,23,24)(H,26,27). The van der Waals surface area contributed by atoms with Gasteiger partial charge in [-0.25, -0.2) is 9.18 Å². The van der Waals surface area contributed by atoms with Crippen molar-refractivity contribution in [3.05, 3.63) is 45.5 Å². The Labute approximate surface area is 156 Å². The van der Waals surface area contributed by atoms with E-state index in [1.54, 1.807) is 4.57 Å². The monoisotopic (exact) mass is 377 g/mol. The number of halogens is 1. The maximum absolute atomic E-state index is 14.2. The fraction of sp³-hybridized carbons (Fsp3) is 0.450. The van der Waals surface area contributed by atoms with Crippen LogP contribution in [-0.4, -0.2) is 26.7 Å². The van der Waals surface area contributed by atoms with Gasteiger partial charge >= 0.3 is 11.9 Å². The lowest BCUT2D eigenvalue weighted by Crippen LogP contribution is -2.20. The number of fused-ring (bicyclic) bond motifs is 1. The van der Waals surface area contributed by atoms with Crippen molar-refractivity contribution in [2.24, 2.45) is 0 Å². The molecule has 1 aromatic carbocycles. The zero-order chi connectivity index (χ0) is 20.0. The van der Waals surface area contributed by atoms with Gasteiger partial charge in [0.1, 0.15) is 11.4 Å². The third-order valence-corrected chi connectivity index (χ3v) is 4.57. The van der Waals surface area contributed by atoms with Crippen molar-refractivity contribution in [2.45, 2.75) is 58.4 Å². The van der Waals surface area contributed by atoms with Crippen molar-refractivity contribution < 1.29 is 24.2 Å². The van der Waals surface area contributed by atoms with E-state index in [4.69, 9.17) is 5.11 Å². The molecule has 0 bridgehead atoms. The first-order valence-corrected chi connectivity index (χ1v) is 9.15. The number of carboxylic acids is 2. The third-order valence-electron chi connectivity index (χ3n) is 4.57. The number of aromatic nitrogens is 1. The molecule has 27 heavy (non-hydrogen) atoms. The largest absolute Gasteiger partial charge is 0.481 e. The summed E-state index contributed by atoms with van der Waals surface area (Å²) in [7, 11) is 0. The molecule has 1 heterocycles. The van der Waals surface area contributed by atoms with Crippen LogP contribution in [0.25, 0.3) is 10.9 Å². The molecule has 2 rings (SSSR count). The van der Waals surface area contributed by atoms with Crippen LogP contribution in [0, 0.1) is 5.82 Å². The summed E-state index contributed by atoms with van der Waals surface area (Å²) in [5.74, 6) is -3.37. The summed E-state index contributed by atoms with van der Waals surface area (Å²) < 4.78 is 15.8. The first-order valence-electron chi connectivity index (χ1n) is 9.15. The van der Waals surface area contributed by atoms with E-state index < -0.39 is 35.2 Å². The summed E-state index contributed by atoms with van der Waals surface area (Å²) >= 11 is 0. The lowest BCUT2D eigenvalue weighted by Gasteiger charge is -2.14. The zero-order valence-corrected chi connectivity index (χ0v) is 15.3. The Balaban J connectivity index is 2.42. The molecule has 0 fully saturated rings. The number of aromatic carboxylic acids is 1. The van der Waals surface area contributed by atoms with Crippen LogP contribution in [0.2, 0.25) is 0 Å². The molecule has 0 radical (unpaired) electrons. The van der Waals surface area contributed by atoms with E-state index in [0.717, 1.165) is 38.2 Å². The fourth-order valence-electron chi connectivity index (χ4n) is 3.15. The summed E-state index contributed by atoms with van der Waals surface area (Å²) in [5.41, 5.74) is -0.860. The molecule has 2 aromatic rings. The van der Waals surface area contributed by atoms with Crippen molar-refractivity contribution in [3.63, 3.8) is 0 Å². The van der Waals surface area contributed by atoms with E-state index in [2.05, 4.69) is 6.92 Å². The van der Waals surface area contributed by atoms with Crippen LogP contribution >= 0.6 is 0 Å². The number of carboxylic acid groups (broad SMARTS) is 2. The van der Waals surface area contributed by atoms with E-state index in [9.17, 15) is 23.9 Å². The average Bonchev–Trinajstić information content (AvgIpc) is 2.60. The Morgan fingerprint density at radius 3 is 2.37 bits per heavy atom. The zero-order valence-electron chi connectivity index (χ0n) is 15.3. The van der Waals surface area contributed by atoms with Crippen LogP contribution in [0.5, 0.6) is 0 Å². The Kier molecular flexibility index (Phi) is 7.10. The molecule has 0 saturated heterocycles. The van der Waals surface area contributed by atoms with E-state index >= 15 is 0 Å². The minimum absolute atomic E-state index is 0.0332. The van der Waals surface area contributed by atoms with E-state index in [1.807, 2.05) is 0 Å². The summed E-state index contributed by atoms with van der Waals surface area (Å²) in [6.07, 6.45) is 7.01. The number of pyridine rings is 1. The number of hydrogen-bond donors (Lipinski definition) is 2. The minimum atomic E-state index is -1.37. The fourth-order valence-corrected chi connectivity index (χ4v) is 3.15. The van der Waals surface area contributed by atoms with Gasteiger partial charge in [0, 0.05) is 23.7 Å².